The van der Waals surface area contributed by atoms with Crippen molar-refractivity contribution < 1.29 is 4.79 Å². The molecule has 3 unspecified atom stereocenters. The van der Waals surface area contributed by atoms with Crippen molar-refractivity contribution in [1.82, 2.24) is 4.90 Å². The summed E-state index contributed by atoms with van der Waals surface area (Å²) in [6.07, 6.45) is 21.2. The van der Waals surface area contributed by atoms with E-state index in [4.69, 9.17) is 0 Å². The molecule has 2 aliphatic carbocycles. The average molecular weight is 348 g/mol. The van der Waals surface area contributed by atoms with E-state index in [-0.39, 0.29) is 0 Å². The molecule has 25 heavy (non-hydrogen) atoms. The van der Waals surface area contributed by atoms with E-state index in [0.29, 0.717) is 11.9 Å². The molecule has 3 rings (SSSR count). The third-order valence-electron chi connectivity index (χ3n) is 7.57. The molecule has 1 heterocycles. The number of fused-ring (bicyclic) bond motifs is 1. The summed E-state index contributed by atoms with van der Waals surface area (Å²) < 4.78 is 0. The Hall–Kier alpha value is -0.530. The van der Waals surface area contributed by atoms with Crippen LogP contribution in [0.5, 0.6) is 0 Å². The second-order valence-corrected chi connectivity index (χ2v) is 9.32. The van der Waals surface area contributed by atoms with Gasteiger partial charge in [-0.2, -0.15) is 0 Å². The summed E-state index contributed by atoms with van der Waals surface area (Å²) in [5, 5.41) is 0. The van der Waals surface area contributed by atoms with E-state index in [9.17, 15) is 4.79 Å². The van der Waals surface area contributed by atoms with Gasteiger partial charge >= 0.3 is 0 Å². The molecule has 0 bridgehead atoms. The standard InChI is InChI=1S/C23H41NO/c1-19(20-12-4-2-3-5-13-20)11-6-9-17-23(25)24-18-10-15-21-14-7-8-16-22(21)24/h19-22H,2-18H2,1H3. The van der Waals surface area contributed by atoms with Crippen molar-refractivity contribution in [2.75, 3.05) is 6.54 Å². The maximum Gasteiger partial charge on any atom is 0.222 e. The molecule has 3 fully saturated rings. The first-order chi connectivity index (χ1) is 12.3. The zero-order valence-electron chi connectivity index (χ0n) is 16.7. The van der Waals surface area contributed by atoms with Crippen LogP contribution >= 0.6 is 0 Å². The van der Waals surface area contributed by atoms with E-state index in [1.807, 2.05) is 0 Å². The van der Waals surface area contributed by atoms with E-state index in [1.165, 1.54) is 89.9 Å². The van der Waals surface area contributed by atoms with E-state index < -0.39 is 0 Å². The van der Waals surface area contributed by atoms with E-state index in [2.05, 4.69) is 11.8 Å². The summed E-state index contributed by atoms with van der Waals surface area (Å²) in [4.78, 5) is 15.1. The lowest BCUT2D eigenvalue weighted by atomic mass is 9.78. The first-order valence-corrected chi connectivity index (χ1v) is 11.5. The van der Waals surface area contributed by atoms with Gasteiger partial charge in [0.15, 0.2) is 0 Å². The van der Waals surface area contributed by atoms with Gasteiger partial charge in [0.2, 0.25) is 5.91 Å². The van der Waals surface area contributed by atoms with Gasteiger partial charge in [-0.3, -0.25) is 4.79 Å². The Bertz CT molecular complexity index is 397. The predicted octanol–water partition coefficient (Wildman–Crippen LogP) is 6.33. The van der Waals surface area contributed by atoms with Crippen molar-refractivity contribution in [3.05, 3.63) is 0 Å². The first-order valence-electron chi connectivity index (χ1n) is 11.5. The third kappa shape index (κ3) is 5.47. The Balaban J connectivity index is 1.35. The molecule has 0 aromatic carbocycles. The van der Waals surface area contributed by atoms with Crippen LogP contribution in [0.3, 0.4) is 0 Å². The molecule has 0 radical (unpaired) electrons. The number of nitrogens with zero attached hydrogens (tertiary/aromatic N) is 1. The van der Waals surface area contributed by atoms with Crippen LogP contribution in [0.2, 0.25) is 0 Å². The van der Waals surface area contributed by atoms with Crippen LogP contribution in [-0.4, -0.2) is 23.4 Å². The Kier molecular flexibility index (Phi) is 7.67. The number of hydrogen-bond acceptors (Lipinski definition) is 1. The zero-order chi connectivity index (χ0) is 17.5. The van der Waals surface area contributed by atoms with Crippen molar-refractivity contribution in [1.29, 1.82) is 0 Å². The zero-order valence-corrected chi connectivity index (χ0v) is 16.7. The Morgan fingerprint density at radius 1 is 0.880 bits per heavy atom. The lowest BCUT2D eigenvalue weighted by molar-refractivity contribution is -0.137. The maximum absolute atomic E-state index is 12.8. The summed E-state index contributed by atoms with van der Waals surface area (Å²) in [7, 11) is 0. The minimum atomic E-state index is 0.471. The topological polar surface area (TPSA) is 20.3 Å². The number of unbranched alkanes of at least 4 members (excludes halogenated alkanes) is 1. The largest absolute Gasteiger partial charge is 0.339 e. The molecule has 2 nitrogen and oxygen atoms in total. The fourth-order valence-electron chi connectivity index (χ4n) is 5.94. The highest BCUT2D eigenvalue weighted by Crippen LogP contribution is 2.36. The molecular formula is C23H41NO. The SMILES string of the molecule is CC(CCCCC(=O)N1CCCC2CCCCC21)C1CCCCCC1. The normalized spacial score (nSPS) is 29.7. The highest BCUT2D eigenvalue weighted by atomic mass is 16.2. The summed E-state index contributed by atoms with van der Waals surface area (Å²) >= 11 is 0. The second kappa shape index (κ2) is 9.97. The number of amides is 1. The number of rotatable bonds is 6. The molecule has 1 amide bonds. The van der Waals surface area contributed by atoms with Gasteiger partial charge < -0.3 is 4.90 Å². The van der Waals surface area contributed by atoms with Crippen LogP contribution in [0.25, 0.3) is 0 Å². The van der Waals surface area contributed by atoms with Crippen LogP contribution in [0.15, 0.2) is 0 Å². The Labute approximate surface area is 156 Å². The molecule has 3 atom stereocenters. The fraction of sp³-hybridized carbons (Fsp3) is 0.957. The second-order valence-electron chi connectivity index (χ2n) is 9.32. The molecule has 1 aliphatic heterocycles. The molecule has 3 aliphatic rings. The highest BCUT2D eigenvalue weighted by Gasteiger charge is 2.35. The van der Waals surface area contributed by atoms with Crippen LogP contribution in [0.1, 0.15) is 110 Å². The third-order valence-corrected chi connectivity index (χ3v) is 7.57. The van der Waals surface area contributed by atoms with Crippen LogP contribution in [-0.2, 0) is 4.79 Å². The fourth-order valence-corrected chi connectivity index (χ4v) is 5.94. The minimum Gasteiger partial charge on any atom is -0.339 e. The number of carbonyl (C=O) groups is 1. The van der Waals surface area contributed by atoms with E-state index in [1.54, 1.807) is 0 Å². The smallest absolute Gasteiger partial charge is 0.222 e. The van der Waals surface area contributed by atoms with Crippen LogP contribution < -0.4 is 0 Å². The monoisotopic (exact) mass is 347 g/mol. The molecule has 0 N–H and O–H groups in total. The van der Waals surface area contributed by atoms with Gasteiger partial charge in [-0.15, -0.1) is 0 Å². The van der Waals surface area contributed by atoms with Crippen molar-refractivity contribution in [3.8, 4) is 0 Å². The van der Waals surface area contributed by atoms with E-state index in [0.717, 1.165) is 37.1 Å². The van der Waals surface area contributed by atoms with Gasteiger partial charge in [0.25, 0.3) is 0 Å². The average Bonchev–Trinajstić information content (AvgIpc) is 2.94. The highest BCUT2D eigenvalue weighted by molar-refractivity contribution is 5.76. The molecule has 2 heteroatoms. The number of likely N-dealkylation sites (tertiary alicyclic amines) is 1. The lowest BCUT2D eigenvalue weighted by Crippen LogP contribution is -2.49. The van der Waals surface area contributed by atoms with Crippen molar-refractivity contribution >= 4 is 5.91 Å². The summed E-state index contributed by atoms with van der Waals surface area (Å²) in [6, 6.07) is 0.597. The van der Waals surface area contributed by atoms with Crippen LogP contribution in [0.4, 0.5) is 0 Å². The Morgan fingerprint density at radius 2 is 1.56 bits per heavy atom. The molecule has 2 saturated carbocycles. The van der Waals surface area contributed by atoms with Gasteiger partial charge in [0.1, 0.15) is 0 Å². The summed E-state index contributed by atoms with van der Waals surface area (Å²) in [6.45, 7) is 3.51. The van der Waals surface area contributed by atoms with Gasteiger partial charge in [0, 0.05) is 19.0 Å². The van der Waals surface area contributed by atoms with Crippen LogP contribution in [0, 0.1) is 17.8 Å². The van der Waals surface area contributed by atoms with Gasteiger partial charge in [-0.25, -0.2) is 0 Å². The quantitative estimate of drug-likeness (QED) is 0.406. The molecule has 1 saturated heterocycles. The summed E-state index contributed by atoms with van der Waals surface area (Å²) in [5.74, 6) is 3.12. The number of piperidine rings is 1. The number of carbonyl (C=O) groups excluding carboxylic acids is 1. The van der Waals surface area contributed by atoms with E-state index >= 15 is 0 Å². The van der Waals surface area contributed by atoms with Gasteiger partial charge in [-0.05, 0) is 49.9 Å². The number of hydrogen-bond donors (Lipinski definition) is 0. The first kappa shape index (κ1) is 19.2. The van der Waals surface area contributed by atoms with Crippen molar-refractivity contribution in [2.45, 2.75) is 116 Å². The molecule has 0 aromatic rings. The minimum absolute atomic E-state index is 0.471. The molecule has 144 valence electrons. The molecule has 0 spiro atoms. The maximum atomic E-state index is 12.8. The van der Waals surface area contributed by atoms with Crippen molar-refractivity contribution in [3.63, 3.8) is 0 Å². The summed E-state index contributed by atoms with van der Waals surface area (Å²) in [5.41, 5.74) is 0. The van der Waals surface area contributed by atoms with Crippen molar-refractivity contribution in [2.24, 2.45) is 17.8 Å². The van der Waals surface area contributed by atoms with Gasteiger partial charge in [-0.1, -0.05) is 71.1 Å². The molecular weight excluding hydrogens is 306 g/mol. The predicted molar refractivity (Wildman–Crippen MR) is 106 cm³/mol. The Morgan fingerprint density at radius 3 is 2.36 bits per heavy atom. The molecule has 0 aromatic heterocycles. The lowest BCUT2D eigenvalue weighted by Gasteiger charge is -2.44. The van der Waals surface area contributed by atoms with Gasteiger partial charge in [0.05, 0.1) is 0 Å².